The van der Waals surface area contributed by atoms with Crippen molar-refractivity contribution in [3.05, 3.63) is 34.9 Å². The van der Waals surface area contributed by atoms with Gasteiger partial charge in [0.05, 0.1) is 12.8 Å². The zero-order valence-corrected chi connectivity index (χ0v) is 16.0. The molecule has 1 saturated heterocycles. The summed E-state index contributed by atoms with van der Waals surface area (Å²) in [6.07, 6.45) is 0.390. The summed E-state index contributed by atoms with van der Waals surface area (Å²) in [5.41, 5.74) is 0.216. The summed E-state index contributed by atoms with van der Waals surface area (Å²) < 4.78 is 0. The molecule has 0 saturated carbocycles. The average Bonchev–Trinajstić information content (AvgIpc) is 2.55. The Hall–Kier alpha value is -2.08. The minimum absolute atomic E-state index is 0.00333. The second-order valence-electron chi connectivity index (χ2n) is 7.44. The molecular formula is C19H25ClN2O4. The van der Waals surface area contributed by atoms with Gasteiger partial charge in [-0.15, -0.1) is 0 Å². The molecule has 1 N–H and O–H groups in total. The summed E-state index contributed by atoms with van der Waals surface area (Å²) >= 11 is 6.10. The Kier molecular flexibility index (Phi) is 6.64. The highest BCUT2D eigenvalue weighted by molar-refractivity contribution is 6.31. The summed E-state index contributed by atoms with van der Waals surface area (Å²) in [5, 5.41) is 9.51. The Balaban J connectivity index is 1.84. The Labute approximate surface area is 158 Å². The van der Waals surface area contributed by atoms with Gasteiger partial charge in [0.2, 0.25) is 11.8 Å². The first kappa shape index (κ1) is 20.2. The number of piperazine rings is 1. The number of benzene rings is 1. The molecule has 0 radical (unpaired) electrons. The standard InChI is InChI=1S/C19H25ClN2O4/c1-19(2,13-18(25)26)12-17(24)22-9-7-21(8-10-22)16(23)11-14-5-3-4-6-15(14)20/h3-6H,7-13H2,1-2H3,(H,25,26). The van der Waals surface area contributed by atoms with Crippen molar-refractivity contribution in [1.82, 2.24) is 9.80 Å². The fraction of sp³-hybridized carbons (Fsp3) is 0.526. The van der Waals surface area contributed by atoms with Gasteiger partial charge in [-0.2, -0.15) is 0 Å². The summed E-state index contributed by atoms with van der Waals surface area (Å²) in [6, 6.07) is 7.28. The summed E-state index contributed by atoms with van der Waals surface area (Å²) in [4.78, 5) is 39.2. The number of hydrogen-bond donors (Lipinski definition) is 1. The molecule has 0 atom stereocenters. The molecule has 1 aliphatic rings. The van der Waals surface area contributed by atoms with Crippen molar-refractivity contribution in [2.24, 2.45) is 5.41 Å². The summed E-state index contributed by atoms with van der Waals surface area (Å²) in [7, 11) is 0. The van der Waals surface area contributed by atoms with Crippen LogP contribution in [0.15, 0.2) is 24.3 Å². The van der Waals surface area contributed by atoms with E-state index < -0.39 is 11.4 Å². The average molecular weight is 381 g/mol. The number of carboxylic acids is 1. The largest absolute Gasteiger partial charge is 0.481 e. The molecule has 142 valence electrons. The van der Waals surface area contributed by atoms with Crippen LogP contribution in [0.4, 0.5) is 0 Å². The first-order chi connectivity index (χ1) is 12.2. The van der Waals surface area contributed by atoms with Crippen LogP contribution in [0.2, 0.25) is 5.02 Å². The first-order valence-electron chi connectivity index (χ1n) is 8.69. The zero-order chi connectivity index (χ0) is 19.3. The second kappa shape index (κ2) is 8.54. The molecule has 26 heavy (non-hydrogen) atoms. The topological polar surface area (TPSA) is 77.9 Å². The highest BCUT2D eigenvalue weighted by Crippen LogP contribution is 2.26. The highest BCUT2D eigenvalue weighted by atomic mass is 35.5. The van der Waals surface area contributed by atoms with Crippen molar-refractivity contribution in [3.8, 4) is 0 Å². The van der Waals surface area contributed by atoms with Crippen LogP contribution in [0, 0.1) is 5.41 Å². The van der Waals surface area contributed by atoms with Crippen LogP contribution in [0.1, 0.15) is 32.3 Å². The predicted octanol–water partition coefficient (Wildman–Crippen LogP) is 2.44. The van der Waals surface area contributed by atoms with E-state index in [0.29, 0.717) is 31.2 Å². The van der Waals surface area contributed by atoms with Crippen molar-refractivity contribution in [1.29, 1.82) is 0 Å². The van der Waals surface area contributed by atoms with Gasteiger partial charge in [0, 0.05) is 37.6 Å². The van der Waals surface area contributed by atoms with E-state index in [9.17, 15) is 14.4 Å². The van der Waals surface area contributed by atoms with Crippen molar-refractivity contribution in [2.75, 3.05) is 26.2 Å². The van der Waals surface area contributed by atoms with Gasteiger partial charge in [-0.25, -0.2) is 0 Å². The van der Waals surface area contributed by atoms with Crippen molar-refractivity contribution >= 4 is 29.4 Å². The Bertz CT molecular complexity index is 682. The van der Waals surface area contributed by atoms with Gasteiger partial charge in [-0.3, -0.25) is 14.4 Å². The molecule has 7 heteroatoms. The number of amides is 2. The fourth-order valence-corrected chi connectivity index (χ4v) is 3.32. The van der Waals surface area contributed by atoms with Gasteiger partial charge in [-0.05, 0) is 17.0 Å². The van der Waals surface area contributed by atoms with Crippen LogP contribution in [0.25, 0.3) is 0 Å². The fourth-order valence-electron chi connectivity index (χ4n) is 3.11. The molecule has 1 fully saturated rings. The van der Waals surface area contributed by atoms with E-state index in [2.05, 4.69) is 0 Å². The molecular weight excluding hydrogens is 356 g/mol. The number of carbonyl (C=O) groups is 3. The van der Waals surface area contributed by atoms with Crippen molar-refractivity contribution < 1.29 is 19.5 Å². The highest BCUT2D eigenvalue weighted by Gasteiger charge is 2.30. The van der Waals surface area contributed by atoms with Crippen LogP contribution < -0.4 is 0 Å². The molecule has 0 aliphatic carbocycles. The maximum absolute atomic E-state index is 12.4. The Morgan fingerprint density at radius 1 is 1.00 bits per heavy atom. The van der Waals surface area contributed by atoms with Crippen LogP contribution >= 0.6 is 11.6 Å². The van der Waals surface area contributed by atoms with Crippen LogP contribution in [0.3, 0.4) is 0 Å². The minimum atomic E-state index is -0.905. The third kappa shape index (κ3) is 5.73. The number of nitrogens with zero attached hydrogens (tertiary/aromatic N) is 2. The number of carboxylic acid groups (broad SMARTS) is 1. The quantitative estimate of drug-likeness (QED) is 0.822. The molecule has 6 nitrogen and oxygen atoms in total. The van der Waals surface area contributed by atoms with E-state index in [-0.39, 0.29) is 31.1 Å². The molecule has 0 aromatic heterocycles. The lowest BCUT2D eigenvalue weighted by Crippen LogP contribution is -2.51. The summed E-state index contributed by atoms with van der Waals surface area (Å²) in [5.74, 6) is -0.969. The molecule has 1 heterocycles. The lowest BCUT2D eigenvalue weighted by Gasteiger charge is -2.36. The van der Waals surface area contributed by atoms with Gasteiger partial charge in [-0.1, -0.05) is 43.6 Å². The van der Waals surface area contributed by atoms with Gasteiger partial charge < -0.3 is 14.9 Å². The molecule has 0 spiro atoms. The third-order valence-electron chi connectivity index (χ3n) is 4.54. The minimum Gasteiger partial charge on any atom is -0.481 e. The SMILES string of the molecule is CC(C)(CC(=O)O)CC(=O)N1CCN(C(=O)Cc2ccccc2Cl)CC1. The number of aliphatic carboxylic acids is 1. The normalized spacial score (nSPS) is 15.0. The number of halogens is 1. The Morgan fingerprint density at radius 2 is 1.54 bits per heavy atom. The van der Waals surface area contributed by atoms with Gasteiger partial charge in [0.1, 0.15) is 0 Å². The van der Waals surface area contributed by atoms with E-state index >= 15 is 0 Å². The van der Waals surface area contributed by atoms with Gasteiger partial charge >= 0.3 is 5.97 Å². The molecule has 2 amide bonds. The van der Waals surface area contributed by atoms with E-state index in [0.717, 1.165) is 5.56 Å². The van der Waals surface area contributed by atoms with Crippen LogP contribution in [0.5, 0.6) is 0 Å². The van der Waals surface area contributed by atoms with Gasteiger partial charge in [0.15, 0.2) is 0 Å². The van der Waals surface area contributed by atoms with Crippen LogP contribution in [-0.4, -0.2) is 58.9 Å². The van der Waals surface area contributed by atoms with Crippen molar-refractivity contribution in [3.63, 3.8) is 0 Å². The third-order valence-corrected chi connectivity index (χ3v) is 4.91. The number of hydrogen-bond acceptors (Lipinski definition) is 3. The molecule has 1 aromatic carbocycles. The summed E-state index contributed by atoms with van der Waals surface area (Å²) in [6.45, 7) is 5.46. The number of rotatable bonds is 6. The van der Waals surface area contributed by atoms with Crippen LogP contribution in [-0.2, 0) is 20.8 Å². The first-order valence-corrected chi connectivity index (χ1v) is 9.06. The van der Waals surface area contributed by atoms with E-state index in [1.165, 1.54) is 0 Å². The monoisotopic (exact) mass is 380 g/mol. The molecule has 1 aromatic rings. The smallest absolute Gasteiger partial charge is 0.303 e. The lowest BCUT2D eigenvalue weighted by molar-refractivity contribution is -0.143. The zero-order valence-electron chi connectivity index (χ0n) is 15.2. The lowest BCUT2D eigenvalue weighted by atomic mass is 9.85. The van der Waals surface area contributed by atoms with E-state index in [4.69, 9.17) is 16.7 Å². The molecule has 1 aliphatic heterocycles. The molecule has 2 rings (SSSR count). The Morgan fingerprint density at radius 3 is 2.08 bits per heavy atom. The number of carbonyl (C=O) groups excluding carboxylic acids is 2. The maximum Gasteiger partial charge on any atom is 0.303 e. The van der Waals surface area contributed by atoms with Crippen molar-refractivity contribution in [2.45, 2.75) is 33.1 Å². The molecule has 0 bridgehead atoms. The maximum atomic E-state index is 12.4. The second-order valence-corrected chi connectivity index (χ2v) is 7.85. The molecule has 0 unspecified atom stereocenters. The van der Waals surface area contributed by atoms with E-state index in [1.807, 2.05) is 18.2 Å². The van der Waals surface area contributed by atoms with Gasteiger partial charge in [0.25, 0.3) is 0 Å². The predicted molar refractivity (Wildman–Crippen MR) is 99.0 cm³/mol. The van der Waals surface area contributed by atoms with E-state index in [1.54, 1.807) is 29.7 Å².